The van der Waals surface area contributed by atoms with E-state index in [2.05, 4.69) is 20.4 Å². The van der Waals surface area contributed by atoms with Gasteiger partial charge in [-0.3, -0.25) is 9.36 Å². The monoisotopic (exact) mass is 364 g/mol. The summed E-state index contributed by atoms with van der Waals surface area (Å²) in [7, 11) is -0.657. The second kappa shape index (κ2) is 10.1. The molecule has 0 heterocycles. The second-order valence-electron chi connectivity index (χ2n) is 6.37. The van der Waals surface area contributed by atoms with Crippen LogP contribution >= 0.6 is 8.46 Å². The van der Waals surface area contributed by atoms with Crippen LogP contribution in [-0.4, -0.2) is 16.2 Å². The van der Waals surface area contributed by atoms with E-state index >= 15 is 0 Å². The van der Waals surface area contributed by atoms with Crippen LogP contribution in [0.3, 0.4) is 0 Å². The molecule has 0 aliphatic heterocycles. The fourth-order valence-corrected chi connectivity index (χ4v) is 2.65. The Bertz CT molecular complexity index is 638. The SMILES string of the molecule is C=C(C=COC(=O)CC(O)(P=O)c1cccc(O)c1)CCCC(C)C. The zero-order chi connectivity index (χ0) is 18.9. The van der Waals surface area contributed by atoms with Crippen LogP contribution in [0.15, 0.2) is 48.8 Å². The fraction of sp³-hybridized carbons (Fsp3) is 0.421. The Morgan fingerprint density at radius 3 is 2.76 bits per heavy atom. The van der Waals surface area contributed by atoms with E-state index in [0.717, 1.165) is 24.8 Å². The minimum absolute atomic E-state index is 0.0921. The Morgan fingerprint density at radius 2 is 2.16 bits per heavy atom. The highest BCUT2D eigenvalue weighted by Crippen LogP contribution is 2.37. The molecule has 0 bridgehead atoms. The van der Waals surface area contributed by atoms with Crippen molar-refractivity contribution in [2.24, 2.45) is 5.92 Å². The molecule has 0 spiro atoms. The zero-order valence-corrected chi connectivity index (χ0v) is 15.5. The lowest BCUT2D eigenvalue weighted by molar-refractivity contribution is -0.141. The van der Waals surface area contributed by atoms with E-state index in [-0.39, 0.29) is 11.3 Å². The van der Waals surface area contributed by atoms with Crippen molar-refractivity contribution in [1.82, 2.24) is 0 Å². The Balaban J connectivity index is 2.55. The third-order valence-corrected chi connectivity index (χ3v) is 4.35. The highest BCUT2D eigenvalue weighted by molar-refractivity contribution is 7.25. The second-order valence-corrected chi connectivity index (χ2v) is 7.29. The van der Waals surface area contributed by atoms with Gasteiger partial charge in [-0.1, -0.05) is 44.6 Å². The smallest absolute Gasteiger partial charge is 0.314 e. The minimum atomic E-state index is -1.95. The third kappa shape index (κ3) is 7.63. The van der Waals surface area contributed by atoms with E-state index in [1.54, 1.807) is 6.08 Å². The average Bonchev–Trinajstić information content (AvgIpc) is 2.54. The molecule has 2 N–H and O–H groups in total. The van der Waals surface area contributed by atoms with Crippen molar-refractivity contribution in [2.75, 3.05) is 0 Å². The molecule has 136 valence electrons. The molecule has 1 aromatic carbocycles. The lowest BCUT2D eigenvalue weighted by atomic mass is 10.0. The zero-order valence-electron chi connectivity index (χ0n) is 14.6. The normalized spacial score (nSPS) is 13.9. The van der Waals surface area contributed by atoms with Gasteiger partial charge < -0.3 is 14.9 Å². The van der Waals surface area contributed by atoms with Gasteiger partial charge in [0.25, 0.3) is 0 Å². The van der Waals surface area contributed by atoms with Crippen LogP contribution in [0.25, 0.3) is 0 Å². The van der Waals surface area contributed by atoms with E-state index in [4.69, 9.17) is 4.74 Å². The lowest BCUT2D eigenvalue weighted by Crippen LogP contribution is -2.23. The average molecular weight is 364 g/mol. The lowest BCUT2D eigenvalue weighted by Gasteiger charge is -2.19. The molecule has 0 amide bonds. The van der Waals surface area contributed by atoms with E-state index in [1.807, 2.05) is 0 Å². The summed E-state index contributed by atoms with van der Waals surface area (Å²) in [6.07, 6.45) is 5.27. The summed E-state index contributed by atoms with van der Waals surface area (Å²) in [5.41, 5.74) is 1.02. The molecular weight excluding hydrogens is 339 g/mol. The molecule has 0 radical (unpaired) electrons. The summed E-state index contributed by atoms with van der Waals surface area (Å²) >= 11 is 0. The first-order valence-corrected chi connectivity index (χ1v) is 8.98. The van der Waals surface area contributed by atoms with Gasteiger partial charge in [0.15, 0.2) is 13.8 Å². The first-order chi connectivity index (χ1) is 11.8. The van der Waals surface area contributed by atoms with Gasteiger partial charge in [-0.05, 0) is 42.5 Å². The number of ether oxygens (including phenoxy) is 1. The molecule has 6 heteroatoms. The van der Waals surface area contributed by atoms with Crippen molar-refractivity contribution in [3.63, 3.8) is 0 Å². The molecule has 0 aromatic heterocycles. The number of hydrogen-bond donors (Lipinski definition) is 2. The number of esters is 1. The van der Waals surface area contributed by atoms with Gasteiger partial charge in [0, 0.05) is 0 Å². The number of allylic oxidation sites excluding steroid dienone is 2. The number of aliphatic hydroxyl groups is 1. The first kappa shape index (κ1) is 21.1. The molecule has 1 aromatic rings. The molecule has 5 nitrogen and oxygen atoms in total. The molecule has 25 heavy (non-hydrogen) atoms. The van der Waals surface area contributed by atoms with Gasteiger partial charge in [-0.2, -0.15) is 0 Å². The van der Waals surface area contributed by atoms with Crippen molar-refractivity contribution in [2.45, 2.75) is 44.9 Å². The Kier molecular flexibility index (Phi) is 8.53. The molecule has 0 aliphatic rings. The van der Waals surface area contributed by atoms with Gasteiger partial charge >= 0.3 is 5.97 Å². The number of carbonyl (C=O) groups excluding carboxylic acids is 1. The summed E-state index contributed by atoms with van der Waals surface area (Å²) in [5.74, 6) is -0.193. The third-order valence-electron chi connectivity index (χ3n) is 3.63. The predicted molar refractivity (Wildman–Crippen MR) is 97.3 cm³/mol. The van der Waals surface area contributed by atoms with Crippen LogP contribution in [-0.2, 0) is 19.4 Å². The standard InChI is InChI=1S/C19H25O5P/c1-14(2)6-4-7-15(3)10-11-24-18(21)13-19(22,25-23)16-8-5-9-17(20)12-16/h5,8-12,14,20,22H,3-4,6-7,13H2,1-2H3. The Labute approximate surface area is 150 Å². The number of carbonyl (C=O) groups is 1. The van der Waals surface area contributed by atoms with E-state index in [0.29, 0.717) is 5.92 Å². The molecule has 1 atom stereocenters. The number of phenolic OH excluding ortho intramolecular Hbond substituents is 1. The van der Waals surface area contributed by atoms with Crippen LogP contribution in [0.4, 0.5) is 0 Å². The topological polar surface area (TPSA) is 83.8 Å². The number of aromatic hydroxyl groups is 1. The summed E-state index contributed by atoms with van der Waals surface area (Å²) in [5, 5.41) is 17.9. The van der Waals surface area contributed by atoms with Crippen LogP contribution in [0.1, 0.15) is 45.1 Å². The van der Waals surface area contributed by atoms with Gasteiger partial charge in [0.1, 0.15) is 5.75 Å². The predicted octanol–water partition coefficient (Wildman–Crippen LogP) is 4.66. The van der Waals surface area contributed by atoms with Crippen molar-refractivity contribution in [3.05, 3.63) is 54.3 Å². The van der Waals surface area contributed by atoms with Gasteiger partial charge in [0.2, 0.25) is 0 Å². The quantitative estimate of drug-likeness (QED) is 0.273. The molecular formula is C19H25O5P. The molecule has 1 unspecified atom stereocenters. The summed E-state index contributed by atoms with van der Waals surface area (Å²) in [4.78, 5) is 11.9. The van der Waals surface area contributed by atoms with Crippen LogP contribution in [0.5, 0.6) is 5.75 Å². The Hall–Kier alpha value is -1.97. The maximum atomic E-state index is 11.9. The fourth-order valence-electron chi connectivity index (χ4n) is 2.21. The maximum absolute atomic E-state index is 11.9. The Morgan fingerprint density at radius 1 is 1.44 bits per heavy atom. The molecule has 0 aliphatic carbocycles. The molecule has 0 saturated heterocycles. The van der Waals surface area contributed by atoms with Gasteiger partial charge in [0.05, 0.1) is 12.7 Å². The van der Waals surface area contributed by atoms with Crippen molar-refractivity contribution in [3.8, 4) is 5.75 Å². The van der Waals surface area contributed by atoms with E-state index < -0.39 is 26.2 Å². The van der Waals surface area contributed by atoms with Gasteiger partial charge in [-0.15, -0.1) is 0 Å². The summed E-state index contributed by atoms with van der Waals surface area (Å²) < 4.78 is 16.3. The largest absolute Gasteiger partial charge is 0.508 e. The minimum Gasteiger partial charge on any atom is -0.508 e. The molecule has 1 rings (SSSR count). The highest BCUT2D eigenvalue weighted by Gasteiger charge is 2.34. The summed E-state index contributed by atoms with van der Waals surface area (Å²) in [6.45, 7) is 8.20. The van der Waals surface area contributed by atoms with E-state index in [9.17, 15) is 19.6 Å². The van der Waals surface area contributed by atoms with Crippen LogP contribution < -0.4 is 0 Å². The molecule has 0 saturated carbocycles. The number of hydrogen-bond acceptors (Lipinski definition) is 5. The maximum Gasteiger partial charge on any atom is 0.314 e. The first-order valence-electron chi connectivity index (χ1n) is 8.17. The van der Waals surface area contributed by atoms with Crippen LogP contribution in [0.2, 0.25) is 0 Å². The van der Waals surface area contributed by atoms with Gasteiger partial charge in [-0.25, -0.2) is 0 Å². The number of benzene rings is 1. The number of rotatable bonds is 10. The van der Waals surface area contributed by atoms with Crippen molar-refractivity contribution in [1.29, 1.82) is 0 Å². The summed E-state index contributed by atoms with van der Waals surface area (Å²) in [6, 6.07) is 5.64. The highest BCUT2D eigenvalue weighted by atomic mass is 31.1. The van der Waals surface area contributed by atoms with Crippen molar-refractivity contribution >= 4 is 14.4 Å². The van der Waals surface area contributed by atoms with Crippen molar-refractivity contribution < 1.29 is 24.3 Å². The number of phenols is 1. The van der Waals surface area contributed by atoms with E-state index in [1.165, 1.54) is 30.5 Å². The molecule has 0 fully saturated rings. The van der Waals surface area contributed by atoms with Crippen LogP contribution in [0, 0.1) is 5.92 Å².